The molecule has 28 heavy (non-hydrogen) atoms. The molecule has 4 aromatic rings. The first-order valence-corrected chi connectivity index (χ1v) is 10.4. The second kappa shape index (κ2) is 8.58. The molecule has 2 aromatic heterocycles. The van der Waals surface area contributed by atoms with E-state index in [-0.39, 0.29) is 5.56 Å². The van der Waals surface area contributed by atoms with Crippen LogP contribution in [0, 0.1) is 0 Å². The van der Waals surface area contributed by atoms with E-state index in [1.54, 1.807) is 23.0 Å². The minimum atomic E-state index is -0.103. The highest BCUT2D eigenvalue weighted by Crippen LogP contribution is 2.22. The number of benzene rings is 2. The third-order valence-corrected chi connectivity index (χ3v) is 5.42. The Kier molecular flexibility index (Phi) is 5.73. The first-order valence-electron chi connectivity index (χ1n) is 8.66. The molecular weight excluding hydrogens is 438 g/mol. The number of rotatable bonds is 6. The minimum absolute atomic E-state index is 0.103. The number of hydrogen-bond donors (Lipinski definition) is 0. The smallest absolute Gasteiger partial charge is 0.266 e. The third kappa shape index (κ3) is 4.10. The number of hydrogen-bond acceptors (Lipinski definition) is 5. The molecular formula is C21H16BrN3O2S. The van der Waals surface area contributed by atoms with Gasteiger partial charge in [-0.15, -0.1) is 0 Å². The number of ether oxygens (including phenoxy) is 1. The summed E-state index contributed by atoms with van der Waals surface area (Å²) in [6, 6.07) is 18.7. The van der Waals surface area contributed by atoms with E-state index in [4.69, 9.17) is 9.72 Å². The monoisotopic (exact) mass is 453 g/mol. The summed E-state index contributed by atoms with van der Waals surface area (Å²) in [6.45, 7) is 0.497. The van der Waals surface area contributed by atoms with Crippen LogP contribution in [0.5, 0.6) is 5.75 Å². The number of halogens is 1. The van der Waals surface area contributed by atoms with Gasteiger partial charge in [-0.05, 0) is 42.5 Å². The van der Waals surface area contributed by atoms with Gasteiger partial charge in [-0.3, -0.25) is 14.3 Å². The summed E-state index contributed by atoms with van der Waals surface area (Å²) < 4.78 is 8.38. The fourth-order valence-corrected chi connectivity index (χ4v) is 3.98. The third-order valence-electron chi connectivity index (χ3n) is 4.03. The number of pyridine rings is 1. The zero-order valence-electron chi connectivity index (χ0n) is 14.8. The Morgan fingerprint density at radius 1 is 1.07 bits per heavy atom. The first-order chi connectivity index (χ1) is 13.7. The summed E-state index contributed by atoms with van der Waals surface area (Å²) in [4.78, 5) is 21.9. The number of thioether (sulfide) groups is 1. The Morgan fingerprint density at radius 3 is 2.79 bits per heavy atom. The van der Waals surface area contributed by atoms with Crippen LogP contribution < -0.4 is 10.3 Å². The number of nitrogens with zero attached hydrogens (tertiary/aromatic N) is 3. The highest BCUT2D eigenvalue weighted by molar-refractivity contribution is 9.10. The quantitative estimate of drug-likeness (QED) is 0.240. The van der Waals surface area contributed by atoms with Gasteiger partial charge < -0.3 is 4.74 Å². The molecule has 0 saturated heterocycles. The molecule has 4 rings (SSSR count). The van der Waals surface area contributed by atoms with Gasteiger partial charge in [0.25, 0.3) is 5.56 Å². The fourth-order valence-electron chi connectivity index (χ4n) is 2.77. The SMILES string of the molecule is O=c1c2ccccc2nc(SCCOc2cccc(Br)c2)n1-c1cccnc1. The molecule has 0 radical (unpaired) electrons. The van der Waals surface area contributed by atoms with Crippen molar-refractivity contribution >= 4 is 38.6 Å². The Bertz CT molecular complexity index is 1170. The molecule has 7 heteroatoms. The molecule has 0 aliphatic heterocycles. The minimum Gasteiger partial charge on any atom is -0.493 e. The van der Waals surface area contributed by atoms with Crippen LogP contribution in [0.2, 0.25) is 0 Å². The van der Waals surface area contributed by atoms with E-state index in [0.717, 1.165) is 10.2 Å². The first kappa shape index (κ1) is 18.7. The van der Waals surface area contributed by atoms with E-state index >= 15 is 0 Å². The molecule has 140 valence electrons. The van der Waals surface area contributed by atoms with Crippen molar-refractivity contribution in [3.05, 3.63) is 87.9 Å². The lowest BCUT2D eigenvalue weighted by Gasteiger charge is -2.13. The van der Waals surface area contributed by atoms with Crippen molar-refractivity contribution in [3.8, 4) is 11.4 Å². The van der Waals surface area contributed by atoms with E-state index in [1.165, 1.54) is 11.8 Å². The van der Waals surface area contributed by atoms with E-state index in [0.29, 0.717) is 34.1 Å². The Morgan fingerprint density at radius 2 is 1.96 bits per heavy atom. The predicted molar refractivity (Wildman–Crippen MR) is 115 cm³/mol. The standard InChI is InChI=1S/C21H16BrN3O2S/c22-15-5-3-7-17(13-15)27-11-12-28-21-24-19-9-2-1-8-18(19)20(26)25(21)16-6-4-10-23-14-16/h1-10,13-14H,11-12H2. The lowest BCUT2D eigenvalue weighted by molar-refractivity contribution is 0.343. The second-order valence-electron chi connectivity index (χ2n) is 5.92. The Hall–Kier alpha value is -2.64. The molecule has 5 nitrogen and oxygen atoms in total. The van der Waals surface area contributed by atoms with Crippen LogP contribution in [0.25, 0.3) is 16.6 Å². The zero-order chi connectivity index (χ0) is 19.3. The molecule has 2 heterocycles. The highest BCUT2D eigenvalue weighted by Gasteiger charge is 2.13. The second-order valence-corrected chi connectivity index (χ2v) is 7.90. The number of para-hydroxylation sites is 1. The van der Waals surface area contributed by atoms with Crippen LogP contribution in [-0.4, -0.2) is 26.9 Å². The maximum atomic E-state index is 13.1. The molecule has 0 spiro atoms. The van der Waals surface area contributed by atoms with Gasteiger partial charge in [-0.25, -0.2) is 4.98 Å². The van der Waals surface area contributed by atoms with Crippen LogP contribution >= 0.6 is 27.7 Å². The van der Waals surface area contributed by atoms with Gasteiger partial charge in [0.1, 0.15) is 5.75 Å². The van der Waals surface area contributed by atoms with Gasteiger partial charge in [0.15, 0.2) is 5.16 Å². The van der Waals surface area contributed by atoms with Gasteiger partial charge in [0.05, 0.1) is 29.4 Å². The molecule has 0 fully saturated rings. The van der Waals surface area contributed by atoms with Crippen molar-refractivity contribution in [3.63, 3.8) is 0 Å². The van der Waals surface area contributed by atoms with Crippen LogP contribution in [0.1, 0.15) is 0 Å². The largest absolute Gasteiger partial charge is 0.493 e. The fraction of sp³-hybridized carbons (Fsp3) is 0.0952. The lowest BCUT2D eigenvalue weighted by atomic mass is 10.2. The van der Waals surface area contributed by atoms with E-state index in [9.17, 15) is 4.79 Å². The lowest BCUT2D eigenvalue weighted by Crippen LogP contribution is -2.22. The molecule has 0 aliphatic carbocycles. The molecule has 0 N–H and O–H groups in total. The van der Waals surface area contributed by atoms with Gasteiger partial charge in [0, 0.05) is 16.4 Å². The summed E-state index contributed by atoms with van der Waals surface area (Å²) in [7, 11) is 0. The molecule has 0 bridgehead atoms. The van der Waals surface area contributed by atoms with Crippen molar-refractivity contribution in [2.75, 3.05) is 12.4 Å². The summed E-state index contributed by atoms with van der Waals surface area (Å²) in [5.41, 5.74) is 1.28. The van der Waals surface area contributed by atoms with Crippen molar-refractivity contribution in [2.24, 2.45) is 0 Å². The average molecular weight is 454 g/mol. The molecule has 0 unspecified atom stereocenters. The highest BCUT2D eigenvalue weighted by atomic mass is 79.9. The van der Waals surface area contributed by atoms with Crippen molar-refractivity contribution in [1.82, 2.24) is 14.5 Å². The van der Waals surface area contributed by atoms with Crippen LogP contribution in [0.15, 0.2) is 87.5 Å². The average Bonchev–Trinajstić information content (AvgIpc) is 2.72. The van der Waals surface area contributed by atoms with Crippen LogP contribution in [0.4, 0.5) is 0 Å². The van der Waals surface area contributed by atoms with E-state index in [2.05, 4.69) is 20.9 Å². The van der Waals surface area contributed by atoms with Gasteiger partial charge in [0.2, 0.25) is 0 Å². The molecule has 0 atom stereocenters. The maximum absolute atomic E-state index is 13.1. The normalized spacial score (nSPS) is 10.9. The molecule has 2 aromatic carbocycles. The molecule has 0 aliphatic rings. The van der Waals surface area contributed by atoms with Crippen molar-refractivity contribution in [1.29, 1.82) is 0 Å². The van der Waals surface area contributed by atoms with Gasteiger partial charge >= 0.3 is 0 Å². The van der Waals surface area contributed by atoms with E-state index in [1.807, 2.05) is 54.6 Å². The molecule has 0 saturated carbocycles. The maximum Gasteiger partial charge on any atom is 0.266 e. The zero-order valence-corrected chi connectivity index (χ0v) is 17.2. The predicted octanol–water partition coefficient (Wildman–Crippen LogP) is 4.71. The van der Waals surface area contributed by atoms with Gasteiger partial charge in [-0.2, -0.15) is 0 Å². The Balaban J connectivity index is 1.61. The summed E-state index contributed by atoms with van der Waals surface area (Å²) in [5, 5.41) is 1.20. The van der Waals surface area contributed by atoms with Gasteiger partial charge in [-0.1, -0.05) is 45.9 Å². The summed E-state index contributed by atoms with van der Waals surface area (Å²) in [5.74, 6) is 1.45. The number of fused-ring (bicyclic) bond motifs is 1. The topological polar surface area (TPSA) is 57.0 Å². The van der Waals surface area contributed by atoms with Crippen molar-refractivity contribution in [2.45, 2.75) is 5.16 Å². The molecule has 0 amide bonds. The van der Waals surface area contributed by atoms with E-state index < -0.39 is 0 Å². The van der Waals surface area contributed by atoms with Crippen LogP contribution in [0.3, 0.4) is 0 Å². The van der Waals surface area contributed by atoms with Crippen molar-refractivity contribution < 1.29 is 4.74 Å². The number of aromatic nitrogens is 3. The van der Waals surface area contributed by atoms with Crippen LogP contribution in [-0.2, 0) is 0 Å². The summed E-state index contributed by atoms with van der Waals surface area (Å²) >= 11 is 4.92. The summed E-state index contributed by atoms with van der Waals surface area (Å²) in [6.07, 6.45) is 3.35. The Labute approximate surface area is 174 Å².